The van der Waals surface area contributed by atoms with E-state index in [1.54, 1.807) is 23.9 Å². The van der Waals surface area contributed by atoms with Crippen molar-refractivity contribution in [3.63, 3.8) is 0 Å². The van der Waals surface area contributed by atoms with Gasteiger partial charge in [0.25, 0.3) is 0 Å². The van der Waals surface area contributed by atoms with Gasteiger partial charge in [-0.2, -0.15) is 11.8 Å². The van der Waals surface area contributed by atoms with E-state index in [2.05, 4.69) is 4.98 Å². The number of para-hydroxylation sites is 2. The number of amides is 1. The van der Waals surface area contributed by atoms with E-state index >= 15 is 0 Å². The quantitative estimate of drug-likeness (QED) is 0.613. The van der Waals surface area contributed by atoms with Crippen molar-refractivity contribution in [1.82, 2.24) is 14.5 Å². The van der Waals surface area contributed by atoms with E-state index in [1.165, 1.54) is 6.07 Å². The topological polar surface area (TPSA) is 38.1 Å². The van der Waals surface area contributed by atoms with Crippen LogP contribution in [0.2, 0.25) is 0 Å². The molecule has 0 unspecified atom stereocenters. The normalized spacial score (nSPS) is 13.9. The first-order valence-electron chi connectivity index (χ1n) is 9.13. The monoisotopic (exact) mass is 383 g/mol. The number of hydrogen-bond acceptors (Lipinski definition) is 3. The van der Waals surface area contributed by atoms with Gasteiger partial charge in [0.1, 0.15) is 18.2 Å². The Hall–Kier alpha value is -2.34. The number of fused-ring (bicyclic) bond motifs is 1. The molecule has 0 aliphatic heterocycles. The first kappa shape index (κ1) is 18.0. The maximum atomic E-state index is 14.1. The maximum Gasteiger partial charge on any atom is 0.243 e. The highest BCUT2D eigenvalue weighted by Crippen LogP contribution is 2.30. The number of carbonyl (C=O) groups excluding carboxylic acids is 1. The van der Waals surface area contributed by atoms with Crippen LogP contribution in [-0.2, 0) is 23.6 Å². The molecule has 4 nitrogen and oxygen atoms in total. The van der Waals surface area contributed by atoms with Crippen LogP contribution >= 0.6 is 11.8 Å². The van der Waals surface area contributed by atoms with E-state index in [0.717, 1.165) is 35.5 Å². The Morgan fingerprint density at radius 1 is 1.22 bits per heavy atom. The van der Waals surface area contributed by atoms with Gasteiger partial charge in [-0.15, -0.1) is 0 Å². The molecule has 1 fully saturated rings. The standard InChI is InChI=1S/C21H22FN3OS/c1-27-14-20-23-18-8-4-5-9-19(18)25(20)13-21(26)24(16-10-11-16)12-15-6-2-3-7-17(15)22/h2-9,16H,10-14H2,1H3. The Morgan fingerprint density at radius 2 is 1.96 bits per heavy atom. The van der Waals surface area contributed by atoms with Gasteiger partial charge in [0, 0.05) is 18.2 Å². The number of halogens is 1. The van der Waals surface area contributed by atoms with Gasteiger partial charge in [0.15, 0.2) is 0 Å². The molecular formula is C21H22FN3OS. The molecule has 0 spiro atoms. The van der Waals surface area contributed by atoms with Crippen LogP contribution in [0, 0.1) is 5.82 Å². The lowest BCUT2D eigenvalue weighted by molar-refractivity contribution is -0.133. The fourth-order valence-corrected chi connectivity index (χ4v) is 3.86. The highest BCUT2D eigenvalue weighted by molar-refractivity contribution is 7.97. The van der Waals surface area contributed by atoms with Crippen LogP contribution in [0.25, 0.3) is 11.0 Å². The van der Waals surface area contributed by atoms with Gasteiger partial charge in [-0.3, -0.25) is 4.79 Å². The van der Waals surface area contributed by atoms with Crippen LogP contribution in [0.1, 0.15) is 24.2 Å². The molecular weight excluding hydrogens is 361 g/mol. The van der Waals surface area contributed by atoms with Crippen molar-refractivity contribution in [3.05, 3.63) is 65.7 Å². The van der Waals surface area contributed by atoms with Crippen molar-refractivity contribution in [2.45, 2.75) is 37.7 Å². The first-order valence-corrected chi connectivity index (χ1v) is 10.5. The lowest BCUT2D eigenvalue weighted by atomic mass is 10.2. The SMILES string of the molecule is CSCc1nc2ccccc2n1CC(=O)N(Cc1ccccc1F)C1CC1. The molecule has 3 aromatic rings. The van der Waals surface area contributed by atoms with E-state index in [0.29, 0.717) is 12.1 Å². The average molecular weight is 383 g/mol. The third-order valence-corrected chi connectivity index (χ3v) is 5.45. The van der Waals surface area contributed by atoms with Gasteiger partial charge >= 0.3 is 0 Å². The Morgan fingerprint density at radius 3 is 2.70 bits per heavy atom. The number of imidazole rings is 1. The van der Waals surface area contributed by atoms with Crippen LogP contribution in [0.5, 0.6) is 0 Å². The molecule has 1 aromatic heterocycles. The minimum atomic E-state index is -0.257. The van der Waals surface area contributed by atoms with E-state index in [1.807, 2.05) is 46.1 Å². The Balaban J connectivity index is 1.61. The van der Waals surface area contributed by atoms with E-state index in [4.69, 9.17) is 0 Å². The van der Waals surface area contributed by atoms with E-state index in [9.17, 15) is 9.18 Å². The second-order valence-corrected chi connectivity index (χ2v) is 7.75. The molecule has 0 saturated heterocycles. The second kappa shape index (κ2) is 7.72. The number of carbonyl (C=O) groups is 1. The van der Waals surface area contributed by atoms with Crippen molar-refractivity contribution in [2.24, 2.45) is 0 Å². The smallest absolute Gasteiger partial charge is 0.243 e. The Labute approximate surface area is 162 Å². The molecule has 1 amide bonds. The summed E-state index contributed by atoms with van der Waals surface area (Å²) in [6.07, 6.45) is 4.01. The number of nitrogens with zero attached hydrogens (tertiary/aromatic N) is 3. The summed E-state index contributed by atoms with van der Waals surface area (Å²) in [5, 5.41) is 0. The molecule has 0 atom stereocenters. The van der Waals surface area contributed by atoms with E-state index in [-0.39, 0.29) is 24.3 Å². The molecule has 0 radical (unpaired) electrons. The summed E-state index contributed by atoms with van der Waals surface area (Å²) in [5.74, 6) is 1.41. The predicted molar refractivity (Wildman–Crippen MR) is 107 cm³/mol. The molecule has 140 valence electrons. The molecule has 0 N–H and O–H groups in total. The van der Waals surface area contributed by atoms with Gasteiger partial charge in [0.05, 0.1) is 16.8 Å². The van der Waals surface area contributed by atoms with Crippen LogP contribution in [0.15, 0.2) is 48.5 Å². The van der Waals surface area contributed by atoms with Gasteiger partial charge in [-0.05, 0) is 37.3 Å². The summed E-state index contributed by atoms with van der Waals surface area (Å²) in [5.41, 5.74) is 2.44. The highest BCUT2D eigenvalue weighted by Gasteiger charge is 2.33. The summed E-state index contributed by atoms with van der Waals surface area (Å²) in [6.45, 7) is 0.558. The molecule has 0 bridgehead atoms. The molecule has 1 aliphatic rings. The summed E-state index contributed by atoms with van der Waals surface area (Å²) in [4.78, 5) is 19.7. The molecule has 6 heteroatoms. The number of rotatable bonds is 7. The van der Waals surface area contributed by atoms with Gasteiger partial charge in [-0.1, -0.05) is 30.3 Å². The Kier molecular flexibility index (Phi) is 5.16. The van der Waals surface area contributed by atoms with Gasteiger partial charge < -0.3 is 9.47 Å². The lowest BCUT2D eigenvalue weighted by Gasteiger charge is -2.23. The zero-order valence-corrected chi connectivity index (χ0v) is 16.1. The van der Waals surface area contributed by atoms with Crippen LogP contribution < -0.4 is 0 Å². The molecule has 2 aromatic carbocycles. The average Bonchev–Trinajstić information content (AvgIpc) is 3.45. The fourth-order valence-electron chi connectivity index (χ4n) is 3.38. The summed E-state index contributed by atoms with van der Waals surface area (Å²) >= 11 is 1.69. The van der Waals surface area contributed by atoms with Crippen molar-refractivity contribution in [3.8, 4) is 0 Å². The van der Waals surface area contributed by atoms with Crippen molar-refractivity contribution >= 4 is 28.7 Å². The molecule has 1 heterocycles. The Bertz CT molecular complexity index is 967. The van der Waals surface area contributed by atoms with Crippen LogP contribution in [0.3, 0.4) is 0 Å². The van der Waals surface area contributed by atoms with E-state index < -0.39 is 0 Å². The zero-order valence-electron chi connectivity index (χ0n) is 15.3. The number of thioether (sulfide) groups is 1. The minimum Gasteiger partial charge on any atom is -0.334 e. The second-order valence-electron chi connectivity index (χ2n) is 6.88. The summed E-state index contributed by atoms with van der Waals surface area (Å²) < 4.78 is 16.1. The number of aromatic nitrogens is 2. The van der Waals surface area contributed by atoms with Crippen LogP contribution in [0.4, 0.5) is 4.39 Å². The third-order valence-electron chi connectivity index (χ3n) is 4.91. The first-order chi connectivity index (χ1) is 13.2. The lowest BCUT2D eigenvalue weighted by Crippen LogP contribution is -2.35. The van der Waals surface area contributed by atoms with Gasteiger partial charge in [-0.25, -0.2) is 9.37 Å². The maximum absolute atomic E-state index is 14.1. The molecule has 27 heavy (non-hydrogen) atoms. The third kappa shape index (κ3) is 3.86. The molecule has 4 rings (SSSR count). The minimum absolute atomic E-state index is 0.0197. The van der Waals surface area contributed by atoms with Crippen molar-refractivity contribution in [1.29, 1.82) is 0 Å². The largest absolute Gasteiger partial charge is 0.334 e. The van der Waals surface area contributed by atoms with Gasteiger partial charge in [0.2, 0.25) is 5.91 Å². The van der Waals surface area contributed by atoms with Crippen LogP contribution in [-0.4, -0.2) is 32.7 Å². The highest BCUT2D eigenvalue weighted by atomic mass is 32.2. The number of hydrogen-bond donors (Lipinski definition) is 0. The van der Waals surface area contributed by atoms with Crippen molar-refractivity contribution < 1.29 is 9.18 Å². The zero-order chi connectivity index (χ0) is 18.8. The summed E-state index contributed by atoms with van der Waals surface area (Å²) in [7, 11) is 0. The predicted octanol–water partition coefficient (Wildman–Crippen LogP) is 4.23. The molecule has 1 saturated carbocycles. The van der Waals surface area contributed by atoms with Crippen molar-refractivity contribution in [2.75, 3.05) is 6.26 Å². The number of benzene rings is 2. The molecule has 1 aliphatic carbocycles. The summed E-state index contributed by atoms with van der Waals surface area (Å²) in [6, 6.07) is 14.8. The fraction of sp³-hybridized carbons (Fsp3) is 0.333.